The van der Waals surface area contributed by atoms with Crippen LogP contribution in [0.3, 0.4) is 0 Å². The second-order valence-corrected chi connectivity index (χ2v) is 6.87. The van der Waals surface area contributed by atoms with Gasteiger partial charge in [-0.1, -0.05) is 48.9 Å². The Morgan fingerprint density at radius 1 is 1.26 bits per heavy atom. The molecule has 2 aromatic heterocycles. The Bertz CT molecular complexity index is 894. The number of aryl methyl sites for hydroxylation is 2. The fourth-order valence-electron chi connectivity index (χ4n) is 2.93. The summed E-state index contributed by atoms with van der Waals surface area (Å²) in [5, 5.41) is 15.4. The van der Waals surface area contributed by atoms with Crippen molar-refractivity contribution in [2.24, 2.45) is 0 Å². The summed E-state index contributed by atoms with van der Waals surface area (Å²) in [4.78, 5) is 5.52. The maximum Gasteiger partial charge on any atom is 0.214 e. The van der Waals surface area contributed by atoms with Crippen molar-refractivity contribution in [3.8, 4) is 17.3 Å². The van der Waals surface area contributed by atoms with Crippen molar-refractivity contribution in [3.63, 3.8) is 0 Å². The Balaban J connectivity index is 2.16. The summed E-state index contributed by atoms with van der Waals surface area (Å²) in [7, 11) is 0. The van der Waals surface area contributed by atoms with Gasteiger partial charge in [-0.05, 0) is 32.3 Å². The molecule has 3 aromatic rings. The molecule has 2 heterocycles. The summed E-state index contributed by atoms with van der Waals surface area (Å²) in [6.07, 6.45) is 2.11. The SMILES string of the molecule is CCC(CC)c1nn2c(C#N)c(-c3ccc(C)cc3C)nc2s1. The van der Waals surface area contributed by atoms with Crippen molar-refractivity contribution in [2.75, 3.05) is 0 Å². The maximum absolute atomic E-state index is 9.63. The molecule has 0 bridgehead atoms. The van der Waals surface area contributed by atoms with Crippen LogP contribution in [-0.4, -0.2) is 14.6 Å². The van der Waals surface area contributed by atoms with E-state index in [4.69, 9.17) is 4.98 Å². The molecule has 0 fully saturated rings. The fraction of sp³-hybridized carbons (Fsp3) is 0.389. The first-order chi connectivity index (χ1) is 11.1. The normalized spacial score (nSPS) is 11.3. The van der Waals surface area contributed by atoms with E-state index >= 15 is 0 Å². The number of hydrogen-bond donors (Lipinski definition) is 0. The van der Waals surface area contributed by atoms with Crippen LogP contribution < -0.4 is 0 Å². The minimum Gasteiger partial charge on any atom is -0.216 e. The highest BCUT2D eigenvalue weighted by atomic mass is 32.1. The number of imidazole rings is 1. The van der Waals surface area contributed by atoms with E-state index in [9.17, 15) is 5.26 Å². The average molecular weight is 324 g/mol. The molecule has 0 atom stereocenters. The van der Waals surface area contributed by atoms with Crippen LogP contribution in [0.15, 0.2) is 18.2 Å². The van der Waals surface area contributed by atoms with Gasteiger partial charge < -0.3 is 0 Å². The lowest BCUT2D eigenvalue weighted by molar-refractivity contribution is 0.625. The van der Waals surface area contributed by atoms with Gasteiger partial charge in [0, 0.05) is 11.5 Å². The largest absolute Gasteiger partial charge is 0.216 e. The van der Waals surface area contributed by atoms with Crippen LogP contribution in [0, 0.1) is 25.2 Å². The number of rotatable bonds is 4. The molecule has 0 aliphatic carbocycles. The van der Waals surface area contributed by atoms with Crippen molar-refractivity contribution in [1.82, 2.24) is 14.6 Å². The van der Waals surface area contributed by atoms with Gasteiger partial charge in [-0.25, -0.2) is 4.98 Å². The number of nitriles is 1. The van der Waals surface area contributed by atoms with E-state index in [1.165, 1.54) is 5.56 Å². The Kier molecular flexibility index (Phi) is 4.18. The Morgan fingerprint density at radius 3 is 2.61 bits per heavy atom. The molecule has 4 nitrogen and oxygen atoms in total. The van der Waals surface area contributed by atoms with E-state index in [-0.39, 0.29) is 0 Å². The summed E-state index contributed by atoms with van der Waals surface area (Å²) in [5.41, 5.74) is 4.61. The predicted molar refractivity (Wildman–Crippen MR) is 93.8 cm³/mol. The van der Waals surface area contributed by atoms with E-state index in [0.717, 1.165) is 39.6 Å². The van der Waals surface area contributed by atoms with Crippen molar-refractivity contribution in [3.05, 3.63) is 40.0 Å². The van der Waals surface area contributed by atoms with Crippen LogP contribution in [0.2, 0.25) is 0 Å². The number of benzene rings is 1. The molecular formula is C18H20N4S. The molecule has 0 saturated heterocycles. The predicted octanol–water partition coefficient (Wildman–Crippen LogP) is 4.85. The molecule has 0 amide bonds. The number of nitrogens with zero attached hydrogens (tertiary/aromatic N) is 4. The van der Waals surface area contributed by atoms with Gasteiger partial charge in [-0.3, -0.25) is 0 Å². The summed E-state index contributed by atoms with van der Waals surface area (Å²) in [6, 6.07) is 8.51. The highest BCUT2D eigenvalue weighted by Gasteiger charge is 2.21. The van der Waals surface area contributed by atoms with Gasteiger partial charge in [0.2, 0.25) is 4.96 Å². The van der Waals surface area contributed by atoms with Gasteiger partial charge in [-0.2, -0.15) is 14.9 Å². The van der Waals surface area contributed by atoms with Crippen LogP contribution in [0.5, 0.6) is 0 Å². The van der Waals surface area contributed by atoms with Crippen LogP contribution >= 0.6 is 11.3 Å². The highest BCUT2D eigenvalue weighted by Crippen LogP contribution is 2.32. The molecule has 0 radical (unpaired) electrons. The first kappa shape index (κ1) is 15.7. The molecule has 118 valence electrons. The Labute approximate surface area is 140 Å². The zero-order valence-corrected chi connectivity index (χ0v) is 14.7. The molecular weight excluding hydrogens is 304 g/mol. The molecule has 5 heteroatoms. The van der Waals surface area contributed by atoms with Crippen LogP contribution in [-0.2, 0) is 0 Å². The number of hydrogen-bond acceptors (Lipinski definition) is 4. The summed E-state index contributed by atoms with van der Waals surface area (Å²) >= 11 is 1.60. The smallest absolute Gasteiger partial charge is 0.214 e. The minimum absolute atomic E-state index is 0.442. The van der Waals surface area contributed by atoms with E-state index in [1.54, 1.807) is 15.9 Å². The zero-order chi connectivity index (χ0) is 16.6. The molecule has 0 unspecified atom stereocenters. The molecule has 0 spiro atoms. The average Bonchev–Trinajstić information content (AvgIpc) is 3.06. The highest BCUT2D eigenvalue weighted by molar-refractivity contribution is 7.16. The molecule has 3 rings (SSSR count). The van der Waals surface area contributed by atoms with E-state index < -0.39 is 0 Å². The third-order valence-corrected chi connectivity index (χ3v) is 5.37. The Hall–Kier alpha value is -2.19. The lowest BCUT2D eigenvalue weighted by atomic mass is 10.0. The molecule has 23 heavy (non-hydrogen) atoms. The maximum atomic E-state index is 9.63. The standard InChI is InChI=1S/C18H20N4S/c1-5-13(6-2)17-21-22-15(10-19)16(20-18(22)23-17)14-8-7-11(3)9-12(14)4/h7-9,13H,5-6H2,1-4H3. The lowest BCUT2D eigenvalue weighted by Crippen LogP contribution is -1.98. The van der Waals surface area contributed by atoms with Gasteiger partial charge in [0.25, 0.3) is 0 Å². The van der Waals surface area contributed by atoms with Crippen molar-refractivity contribution in [2.45, 2.75) is 46.5 Å². The zero-order valence-electron chi connectivity index (χ0n) is 13.9. The van der Waals surface area contributed by atoms with E-state index in [1.807, 2.05) is 6.07 Å². The van der Waals surface area contributed by atoms with Crippen molar-refractivity contribution >= 4 is 16.3 Å². The summed E-state index contributed by atoms with van der Waals surface area (Å²) in [5.74, 6) is 0.442. The van der Waals surface area contributed by atoms with E-state index in [0.29, 0.717) is 11.6 Å². The fourth-order valence-corrected chi connectivity index (χ4v) is 4.10. The first-order valence-electron chi connectivity index (χ1n) is 7.96. The van der Waals surface area contributed by atoms with Gasteiger partial charge in [0.1, 0.15) is 16.8 Å². The number of fused-ring (bicyclic) bond motifs is 1. The summed E-state index contributed by atoms with van der Waals surface area (Å²) in [6.45, 7) is 8.46. The lowest BCUT2D eigenvalue weighted by Gasteiger charge is -2.07. The van der Waals surface area contributed by atoms with Crippen molar-refractivity contribution < 1.29 is 0 Å². The second kappa shape index (κ2) is 6.13. The molecule has 0 aliphatic heterocycles. The third-order valence-electron chi connectivity index (χ3n) is 4.30. The van der Waals surface area contributed by atoms with Gasteiger partial charge in [0.15, 0.2) is 5.69 Å². The quantitative estimate of drug-likeness (QED) is 0.689. The van der Waals surface area contributed by atoms with Gasteiger partial charge in [0.05, 0.1) is 0 Å². The van der Waals surface area contributed by atoms with Crippen LogP contribution in [0.4, 0.5) is 0 Å². The Morgan fingerprint density at radius 2 is 2.00 bits per heavy atom. The molecule has 0 aliphatic rings. The van der Waals surface area contributed by atoms with Gasteiger partial charge in [-0.15, -0.1) is 0 Å². The van der Waals surface area contributed by atoms with Gasteiger partial charge >= 0.3 is 0 Å². The molecule has 0 N–H and O–H groups in total. The third kappa shape index (κ3) is 2.64. The number of aromatic nitrogens is 3. The first-order valence-corrected chi connectivity index (χ1v) is 8.77. The topological polar surface area (TPSA) is 54.0 Å². The second-order valence-electron chi connectivity index (χ2n) is 5.89. The summed E-state index contributed by atoms with van der Waals surface area (Å²) < 4.78 is 1.72. The van der Waals surface area contributed by atoms with Crippen LogP contribution in [0.1, 0.15) is 54.4 Å². The van der Waals surface area contributed by atoms with Crippen LogP contribution in [0.25, 0.3) is 16.2 Å². The molecule has 1 aromatic carbocycles. The van der Waals surface area contributed by atoms with Crippen molar-refractivity contribution in [1.29, 1.82) is 5.26 Å². The molecule has 0 saturated carbocycles. The minimum atomic E-state index is 0.442. The monoisotopic (exact) mass is 324 g/mol. The van der Waals surface area contributed by atoms with E-state index in [2.05, 4.69) is 51.0 Å².